The van der Waals surface area contributed by atoms with Crippen molar-refractivity contribution in [3.05, 3.63) is 0 Å². The first-order valence-electron chi connectivity index (χ1n) is 3.38. The van der Waals surface area contributed by atoms with Gasteiger partial charge in [-0.1, -0.05) is 12.8 Å². The zero-order chi connectivity index (χ0) is 8.91. The van der Waals surface area contributed by atoms with Crippen molar-refractivity contribution in [3.63, 3.8) is 0 Å². The average Bonchev–Trinajstić information content (AvgIpc) is 1.99. The molecule has 0 aromatic heterocycles. The summed E-state index contributed by atoms with van der Waals surface area (Å²) in [6, 6.07) is 0. The summed E-state index contributed by atoms with van der Waals surface area (Å²) in [7, 11) is -1.56. The van der Waals surface area contributed by atoms with Crippen molar-refractivity contribution in [2.75, 3.05) is 19.3 Å². The van der Waals surface area contributed by atoms with Crippen molar-refractivity contribution in [2.45, 2.75) is 13.8 Å². The Morgan fingerprint density at radius 2 is 2.00 bits per heavy atom. The molecule has 0 spiro atoms. The van der Waals surface area contributed by atoms with Crippen LogP contribution < -0.4 is 0 Å². The van der Waals surface area contributed by atoms with Crippen LogP contribution in [-0.2, 0) is 10.0 Å². The lowest BCUT2D eigenvalue weighted by atomic mass is 10.7. The van der Waals surface area contributed by atoms with Crippen molar-refractivity contribution in [3.8, 4) is 11.8 Å². The molecule has 3 nitrogen and oxygen atoms in total. The molecule has 0 aliphatic heterocycles. The topological polar surface area (TPSA) is 37.4 Å². The van der Waals surface area contributed by atoms with Gasteiger partial charge in [-0.05, 0) is 6.92 Å². The average molecular weight is 175 g/mol. The minimum absolute atomic E-state index is 0.0756. The lowest BCUT2D eigenvalue weighted by Crippen LogP contribution is -2.28. The monoisotopic (exact) mass is 175 g/mol. The molecule has 0 saturated heterocycles. The van der Waals surface area contributed by atoms with Gasteiger partial charge in [-0.3, -0.25) is 0 Å². The highest BCUT2D eigenvalue weighted by Crippen LogP contribution is 1.95. The molecule has 0 atom stereocenters. The van der Waals surface area contributed by atoms with Gasteiger partial charge in [0.25, 0.3) is 0 Å². The van der Waals surface area contributed by atoms with Crippen LogP contribution in [-0.4, -0.2) is 32.1 Å². The molecule has 0 unspecified atom stereocenters. The molecule has 0 aromatic carbocycles. The Labute approximate surface area is 68.4 Å². The third-order valence-electron chi connectivity index (χ3n) is 1.35. The lowest BCUT2D eigenvalue weighted by molar-refractivity contribution is 0.490. The van der Waals surface area contributed by atoms with Crippen LogP contribution in [0.1, 0.15) is 13.8 Å². The quantitative estimate of drug-likeness (QED) is 0.578. The van der Waals surface area contributed by atoms with E-state index in [0.717, 1.165) is 0 Å². The molecular weight excluding hydrogens is 162 g/mol. The van der Waals surface area contributed by atoms with E-state index in [2.05, 4.69) is 11.8 Å². The maximum Gasteiger partial charge on any atom is 0.225 e. The van der Waals surface area contributed by atoms with Crippen molar-refractivity contribution in [1.82, 2.24) is 4.31 Å². The third-order valence-corrected chi connectivity index (χ3v) is 3.07. The van der Waals surface area contributed by atoms with E-state index in [1.807, 2.05) is 0 Å². The molecule has 0 bridgehead atoms. The van der Waals surface area contributed by atoms with Gasteiger partial charge in [0.15, 0.2) is 0 Å². The molecule has 0 radical (unpaired) electrons. The highest BCUT2D eigenvalue weighted by atomic mass is 32.2. The molecule has 4 heteroatoms. The van der Waals surface area contributed by atoms with E-state index in [0.29, 0.717) is 6.54 Å². The van der Waals surface area contributed by atoms with Crippen LogP contribution in [0.15, 0.2) is 0 Å². The van der Waals surface area contributed by atoms with Crippen LogP contribution in [0.5, 0.6) is 0 Å². The maximum absolute atomic E-state index is 11.1. The van der Waals surface area contributed by atoms with E-state index < -0.39 is 10.0 Å². The minimum atomic E-state index is -3.11. The van der Waals surface area contributed by atoms with Crippen molar-refractivity contribution in [1.29, 1.82) is 0 Å². The van der Waals surface area contributed by atoms with E-state index in [1.165, 1.54) is 4.31 Å². The van der Waals surface area contributed by atoms with Crippen LogP contribution in [0.2, 0.25) is 0 Å². The normalized spacial score (nSPS) is 10.9. The Morgan fingerprint density at radius 1 is 1.45 bits per heavy atom. The van der Waals surface area contributed by atoms with Gasteiger partial charge in [0, 0.05) is 13.6 Å². The summed E-state index contributed by atoms with van der Waals surface area (Å²) in [6.07, 6.45) is 0. The number of hydrogen-bond donors (Lipinski definition) is 0. The predicted molar refractivity (Wildman–Crippen MR) is 45.5 cm³/mol. The molecule has 0 heterocycles. The second-order valence-corrected chi connectivity index (χ2v) is 4.17. The molecule has 0 N–H and O–H groups in total. The Balaban J connectivity index is 4.31. The SMILES string of the molecule is CC#CCS(=O)(=O)N(C)CC. The van der Waals surface area contributed by atoms with Crippen molar-refractivity contribution >= 4 is 10.0 Å². The standard InChI is InChI=1S/C7H13NO2S/c1-4-6-7-11(9,10)8(3)5-2/h5,7H2,1-3H3. The summed E-state index contributed by atoms with van der Waals surface area (Å²) in [5.74, 6) is 5.00. The zero-order valence-corrected chi connectivity index (χ0v) is 7.90. The largest absolute Gasteiger partial charge is 0.225 e. The molecule has 0 fully saturated rings. The molecule has 0 amide bonds. The van der Waals surface area contributed by atoms with E-state index in [4.69, 9.17) is 0 Å². The van der Waals surface area contributed by atoms with Gasteiger partial charge in [0.05, 0.1) is 0 Å². The van der Waals surface area contributed by atoms with Gasteiger partial charge < -0.3 is 0 Å². The number of hydrogen-bond acceptors (Lipinski definition) is 2. The number of sulfonamides is 1. The van der Waals surface area contributed by atoms with Gasteiger partial charge in [0.2, 0.25) is 10.0 Å². The van der Waals surface area contributed by atoms with Crippen molar-refractivity contribution < 1.29 is 8.42 Å². The van der Waals surface area contributed by atoms with Gasteiger partial charge in [-0.25, -0.2) is 12.7 Å². The molecule has 0 aliphatic rings. The molecule has 0 saturated carbocycles. The fourth-order valence-electron chi connectivity index (χ4n) is 0.470. The predicted octanol–water partition coefficient (Wildman–Crippen LogP) is 0.291. The van der Waals surface area contributed by atoms with Gasteiger partial charge in [0.1, 0.15) is 5.75 Å². The highest BCUT2D eigenvalue weighted by Gasteiger charge is 2.13. The molecule has 0 aromatic rings. The third kappa shape index (κ3) is 3.40. The van der Waals surface area contributed by atoms with Gasteiger partial charge >= 0.3 is 0 Å². The Morgan fingerprint density at radius 3 is 2.36 bits per heavy atom. The Kier molecular flexibility index (Phi) is 4.16. The van der Waals surface area contributed by atoms with E-state index >= 15 is 0 Å². The summed E-state index contributed by atoms with van der Waals surface area (Å²) < 4.78 is 23.6. The first kappa shape index (κ1) is 10.5. The van der Waals surface area contributed by atoms with E-state index in [9.17, 15) is 8.42 Å². The molecule has 0 rings (SSSR count). The van der Waals surface area contributed by atoms with Gasteiger partial charge in [-0.15, -0.1) is 5.92 Å². The summed E-state index contributed by atoms with van der Waals surface area (Å²) in [6.45, 7) is 3.91. The summed E-state index contributed by atoms with van der Waals surface area (Å²) in [5.41, 5.74) is 0. The minimum Gasteiger partial charge on any atom is -0.211 e. The fourth-order valence-corrected chi connectivity index (χ4v) is 1.41. The van der Waals surface area contributed by atoms with E-state index in [1.54, 1.807) is 20.9 Å². The van der Waals surface area contributed by atoms with Crippen molar-refractivity contribution in [2.24, 2.45) is 0 Å². The summed E-state index contributed by atoms with van der Waals surface area (Å²) >= 11 is 0. The Bertz CT molecular complexity index is 258. The first-order chi connectivity index (χ1) is 5.04. The maximum atomic E-state index is 11.1. The van der Waals surface area contributed by atoms with Gasteiger partial charge in [-0.2, -0.15) is 0 Å². The smallest absolute Gasteiger partial charge is 0.211 e. The molecule has 64 valence electrons. The second kappa shape index (κ2) is 4.37. The first-order valence-corrected chi connectivity index (χ1v) is 4.99. The molecular formula is C7H13NO2S. The van der Waals surface area contributed by atoms with Crippen LogP contribution in [0.4, 0.5) is 0 Å². The number of rotatable bonds is 3. The van der Waals surface area contributed by atoms with Crippen LogP contribution in [0, 0.1) is 11.8 Å². The van der Waals surface area contributed by atoms with E-state index in [-0.39, 0.29) is 5.75 Å². The zero-order valence-electron chi connectivity index (χ0n) is 7.09. The molecule has 0 aliphatic carbocycles. The fraction of sp³-hybridized carbons (Fsp3) is 0.714. The van der Waals surface area contributed by atoms with Crippen LogP contribution in [0.3, 0.4) is 0 Å². The Hall–Kier alpha value is -0.530. The summed E-state index contributed by atoms with van der Waals surface area (Å²) in [5, 5.41) is 0. The lowest BCUT2D eigenvalue weighted by Gasteiger charge is -2.11. The second-order valence-electron chi connectivity index (χ2n) is 2.10. The molecule has 11 heavy (non-hydrogen) atoms. The summed E-state index contributed by atoms with van der Waals surface area (Å²) in [4.78, 5) is 0. The number of nitrogens with zero attached hydrogens (tertiary/aromatic N) is 1. The van der Waals surface area contributed by atoms with Crippen LogP contribution >= 0.6 is 0 Å². The van der Waals surface area contributed by atoms with Crippen LogP contribution in [0.25, 0.3) is 0 Å². The highest BCUT2D eigenvalue weighted by molar-refractivity contribution is 7.89.